The predicted octanol–water partition coefficient (Wildman–Crippen LogP) is 4.83. The number of anilines is 1. The predicted molar refractivity (Wildman–Crippen MR) is 124 cm³/mol. The van der Waals surface area contributed by atoms with Crippen LogP contribution in [-0.4, -0.2) is 38.0 Å². The molecule has 4 aromatic rings. The van der Waals surface area contributed by atoms with Gasteiger partial charge in [-0.3, -0.25) is 9.36 Å². The minimum atomic E-state index is -0.137. The number of rotatable bonds is 8. The van der Waals surface area contributed by atoms with Gasteiger partial charge in [0, 0.05) is 16.6 Å². The molecule has 1 N–H and O–H groups in total. The van der Waals surface area contributed by atoms with Gasteiger partial charge in [0.1, 0.15) is 5.75 Å². The van der Waals surface area contributed by atoms with E-state index in [2.05, 4.69) is 20.5 Å². The first-order valence-corrected chi connectivity index (χ1v) is 11.6. The molecule has 0 saturated carbocycles. The van der Waals surface area contributed by atoms with Crippen molar-refractivity contribution >= 4 is 34.1 Å². The molecule has 0 atom stereocenters. The van der Waals surface area contributed by atoms with Gasteiger partial charge in [-0.25, -0.2) is 4.98 Å². The van der Waals surface area contributed by atoms with Crippen molar-refractivity contribution in [2.24, 2.45) is 0 Å². The first kappa shape index (κ1) is 21.1. The molecule has 4 rings (SSSR count). The number of ether oxygens (including phenoxy) is 1. The Morgan fingerprint density at radius 2 is 1.90 bits per heavy atom. The minimum Gasteiger partial charge on any atom is -0.494 e. The second kappa shape index (κ2) is 9.76. The quantitative estimate of drug-likeness (QED) is 0.387. The van der Waals surface area contributed by atoms with Gasteiger partial charge in [-0.2, -0.15) is 0 Å². The fourth-order valence-corrected chi connectivity index (χ4v) is 4.38. The maximum Gasteiger partial charge on any atom is 0.236 e. The number of thioether (sulfide) groups is 1. The topological polar surface area (TPSA) is 81.9 Å². The lowest BCUT2D eigenvalue weighted by molar-refractivity contribution is -0.113. The number of hydrogen-bond acceptors (Lipinski definition) is 7. The first-order valence-electron chi connectivity index (χ1n) is 9.73. The van der Waals surface area contributed by atoms with Gasteiger partial charge in [0.15, 0.2) is 16.1 Å². The molecule has 0 aliphatic heterocycles. The summed E-state index contributed by atoms with van der Waals surface area (Å²) in [5.41, 5.74) is 2.72. The zero-order valence-electron chi connectivity index (χ0n) is 17.1. The summed E-state index contributed by atoms with van der Waals surface area (Å²) in [4.78, 5) is 16.7. The number of nitrogens with one attached hydrogen (secondary N) is 1. The highest BCUT2D eigenvalue weighted by molar-refractivity contribution is 7.99. The molecule has 0 unspecified atom stereocenters. The molecule has 2 aromatic carbocycles. The third-order valence-corrected chi connectivity index (χ3v) is 6.07. The van der Waals surface area contributed by atoms with Crippen LogP contribution in [0.25, 0.3) is 17.1 Å². The SMILES string of the molecule is CCOc1ccc(-n2c(SCC(=O)Nc3nc(C)cs3)nnc2-c2ccccc2)cc1. The second-order valence-corrected chi connectivity index (χ2v) is 8.37. The van der Waals surface area contributed by atoms with Crippen LogP contribution in [0.1, 0.15) is 12.6 Å². The van der Waals surface area contributed by atoms with E-state index in [1.54, 1.807) is 0 Å². The summed E-state index contributed by atoms with van der Waals surface area (Å²) < 4.78 is 7.51. The van der Waals surface area contributed by atoms with E-state index < -0.39 is 0 Å². The van der Waals surface area contributed by atoms with Crippen LogP contribution in [0, 0.1) is 6.92 Å². The van der Waals surface area contributed by atoms with E-state index in [9.17, 15) is 4.79 Å². The molecule has 0 saturated heterocycles. The summed E-state index contributed by atoms with van der Waals surface area (Å²) in [6.45, 7) is 4.45. The molecule has 7 nitrogen and oxygen atoms in total. The summed E-state index contributed by atoms with van der Waals surface area (Å²) >= 11 is 2.74. The van der Waals surface area contributed by atoms with Gasteiger partial charge in [-0.1, -0.05) is 42.1 Å². The Balaban J connectivity index is 1.59. The molecule has 1 amide bonds. The average Bonchev–Trinajstić information content (AvgIpc) is 3.39. The summed E-state index contributed by atoms with van der Waals surface area (Å²) in [5, 5.41) is 14.7. The Kier molecular flexibility index (Phi) is 6.63. The number of carbonyl (C=O) groups is 1. The third kappa shape index (κ3) is 5.12. The molecule has 0 bridgehead atoms. The normalized spacial score (nSPS) is 10.8. The summed E-state index contributed by atoms with van der Waals surface area (Å²) in [6, 6.07) is 17.6. The maximum absolute atomic E-state index is 12.4. The van der Waals surface area contributed by atoms with Gasteiger partial charge in [0.05, 0.1) is 18.1 Å². The van der Waals surface area contributed by atoms with Gasteiger partial charge < -0.3 is 10.1 Å². The van der Waals surface area contributed by atoms with E-state index in [1.807, 2.05) is 78.4 Å². The van der Waals surface area contributed by atoms with Crippen LogP contribution >= 0.6 is 23.1 Å². The summed E-state index contributed by atoms with van der Waals surface area (Å²) in [6.07, 6.45) is 0. The highest BCUT2D eigenvalue weighted by Crippen LogP contribution is 2.29. The van der Waals surface area contributed by atoms with E-state index in [0.717, 1.165) is 22.7 Å². The Labute approximate surface area is 188 Å². The highest BCUT2D eigenvalue weighted by Gasteiger charge is 2.17. The fraction of sp³-hybridized carbons (Fsp3) is 0.182. The molecule has 0 aliphatic rings. The molecule has 2 heterocycles. The van der Waals surface area contributed by atoms with Crippen LogP contribution in [0.15, 0.2) is 65.1 Å². The lowest BCUT2D eigenvalue weighted by Gasteiger charge is -2.11. The molecule has 9 heteroatoms. The molecular formula is C22H21N5O2S2. The number of nitrogens with zero attached hydrogens (tertiary/aromatic N) is 4. The van der Waals surface area contributed by atoms with Crippen molar-refractivity contribution in [2.75, 3.05) is 17.7 Å². The van der Waals surface area contributed by atoms with Crippen molar-refractivity contribution in [3.8, 4) is 22.8 Å². The van der Waals surface area contributed by atoms with Crippen LogP contribution in [-0.2, 0) is 4.79 Å². The van der Waals surface area contributed by atoms with Gasteiger partial charge in [0.2, 0.25) is 5.91 Å². The lowest BCUT2D eigenvalue weighted by atomic mass is 10.2. The molecule has 0 fully saturated rings. The number of carbonyl (C=O) groups excluding carboxylic acids is 1. The zero-order valence-corrected chi connectivity index (χ0v) is 18.7. The maximum atomic E-state index is 12.4. The van der Waals surface area contributed by atoms with Crippen LogP contribution in [0.5, 0.6) is 5.75 Å². The van der Waals surface area contributed by atoms with Crippen molar-refractivity contribution in [3.05, 3.63) is 65.7 Å². The smallest absolute Gasteiger partial charge is 0.236 e. The van der Waals surface area contributed by atoms with Crippen LogP contribution < -0.4 is 10.1 Å². The second-order valence-electron chi connectivity index (χ2n) is 6.57. The molecule has 2 aromatic heterocycles. The zero-order chi connectivity index (χ0) is 21.6. The standard InChI is InChI=1S/C22H21N5O2S2/c1-3-29-18-11-9-17(10-12-18)27-20(16-7-5-4-6-8-16)25-26-22(27)31-14-19(28)24-21-23-15(2)13-30-21/h4-13H,3,14H2,1-2H3,(H,23,24,28). The number of thiazole rings is 1. The largest absolute Gasteiger partial charge is 0.494 e. The van der Waals surface area contributed by atoms with Gasteiger partial charge in [-0.05, 0) is 38.1 Å². The van der Waals surface area contributed by atoms with Gasteiger partial charge in [0.25, 0.3) is 0 Å². The summed E-state index contributed by atoms with van der Waals surface area (Å²) in [5.74, 6) is 1.57. The van der Waals surface area contributed by atoms with E-state index in [0.29, 0.717) is 22.7 Å². The van der Waals surface area contributed by atoms with Crippen molar-refractivity contribution in [1.29, 1.82) is 0 Å². The van der Waals surface area contributed by atoms with Gasteiger partial charge in [-0.15, -0.1) is 21.5 Å². The summed E-state index contributed by atoms with van der Waals surface area (Å²) in [7, 11) is 0. The number of aryl methyl sites for hydroxylation is 1. The Bertz CT molecular complexity index is 1160. The number of amides is 1. The molecule has 31 heavy (non-hydrogen) atoms. The average molecular weight is 452 g/mol. The number of hydrogen-bond donors (Lipinski definition) is 1. The van der Waals surface area contributed by atoms with E-state index >= 15 is 0 Å². The Hall–Kier alpha value is -3.17. The molecule has 0 aliphatic carbocycles. The minimum absolute atomic E-state index is 0.137. The lowest BCUT2D eigenvalue weighted by Crippen LogP contribution is -2.14. The Morgan fingerprint density at radius 3 is 2.58 bits per heavy atom. The van der Waals surface area contributed by atoms with Crippen molar-refractivity contribution in [2.45, 2.75) is 19.0 Å². The monoisotopic (exact) mass is 451 g/mol. The van der Waals surface area contributed by atoms with Crippen molar-refractivity contribution in [3.63, 3.8) is 0 Å². The number of aromatic nitrogens is 4. The van der Waals surface area contributed by atoms with E-state index in [4.69, 9.17) is 4.74 Å². The van der Waals surface area contributed by atoms with Crippen molar-refractivity contribution in [1.82, 2.24) is 19.7 Å². The van der Waals surface area contributed by atoms with Crippen molar-refractivity contribution < 1.29 is 9.53 Å². The van der Waals surface area contributed by atoms with Gasteiger partial charge >= 0.3 is 0 Å². The Morgan fingerprint density at radius 1 is 1.13 bits per heavy atom. The highest BCUT2D eigenvalue weighted by atomic mass is 32.2. The van der Waals surface area contributed by atoms with E-state index in [-0.39, 0.29) is 11.7 Å². The molecular weight excluding hydrogens is 430 g/mol. The first-order chi connectivity index (χ1) is 15.1. The molecule has 158 valence electrons. The molecule has 0 spiro atoms. The number of benzene rings is 2. The van der Waals surface area contributed by atoms with E-state index in [1.165, 1.54) is 23.1 Å². The fourth-order valence-electron chi connectivity index (χ4n) is 2.93. The third-order valence-electron chi connectivity index (χ3n) is 4.27. The van der Waals surface area contributed by atoms with Crippen LogP contribution in [0.2, 0.25) is 0 Å². The molecule has 0 radical (unpaired) electrons. The van der Waals surface area contributed by atoms with Crippen LogP contribution in [0.3, 0.4) is 0 Å². The van der Waals surface area contributed by atoms with Crippen LogP contribution in [0.4, 0.5) is 5.13 Å².